The van der Waals surface area contributed by atoms with Gasteiger partial charge in [-0.05, 0) is 73.3 Å². The first-order valence-electron chi connectivity index (χ1n) is 10.2. The first-order valence-corrected chi connectivity index (χ1v) is 11.8. The van der Waals surface area contributed by atoms with E-state index in [0.717, 1.165) is 57.1 Å². The molecule has 31 heavy (non-hydrogen) atoms. The van der Waals surface area contributed by atoms with Crippen molar-refractivity contribution in [2.45, 2.75) is 25.2 Å². The highest BCUT2D eigenvalue weighted by Crippen LogP contribution is 2.29. The molecule has 0 aliphatic heterocycles. The average Bonchev–Trinajstić information content (AvgIpc) is 2.82. The summed E-state index contributed by atoms with van der Waals surface area (Å²) >= 11 is 2.84. The summed E-state index contributed by atoms with van der Waals surface area (Å²) in [6, 6.07) is 22.7. The second-order valence-electron chi connectivity index (χ2n) is 7.19. The zero-order valence-electron chi connectivity index (χ0n) is 17.6. The van der Waals surface area contributed by atoms with Crippen LogP contribution in [0.5, 0.6) is 0 Å². The van der Waals surface area contributed by atoms with Crippen LogP contribution >= 0.6 is 24.1 Å². The van der Waals surface area contributed by atoms with Crippen LogP contribution in [0, 0.1) is 6.92 Å². The second kappa shape index (κ2) is 10.0. The van der Waals surface area contributed by atoms with Crippen molar-refractivity contribution in [1.82, 2.24) is 9.97 Å². The van der Waals surface area contributed by atoms with Crippen molar-refractivity contribution in [1.29, 1.82) is 0 Å². The summed E-state index contributed by atoms with van der Waals surface area (Å²) in [6.07, 6.45) is 2.94. The van der Waals surface area contributed by atoms with Crippen molar-refractivity contribution in [2.75, 3.05) is 15.6 Å². The summed E-state index contributed by atoms with van der Waals surface area (Å²) < 4.78 is 5.54. The fourth-order valence-electron chi connectivity index (χ4n) is 3.27. The van der Waals surface area contributed by atoms with E-state index in [0.29, 0.717) is 0 Å². The Hall–Kier alpha value is -2.74. The van der Waals surface area contributed by atoms with Crippen molar-refractivity contribution < 1.29 is 0 Å². The molecule has 0 aliphatic rings. The van der Waals surface area contributed by atoms with Gasteiger partial charge in [-0.1, -0.05) is 31.2 Å². The van der Waals surface area contributed by atoms with Crippen LogP contribution in [-0.2, 0) is 0 Å². The lowest BCUT2D eigenvalue weighted by atomic mass is 10.1. The molecule has 0 spiro atoms. The van der Waals surface area contributed by atoms with E-state index in [9.17, 15) is 0 Å². The zero-order valence-corrected chi connectivity index (χ0v) is 19.2. The molecular formula is C24H25N5S2. The number of aryl methyl sites for hydroxylation is 1. The molecule has 4 rings (SSSR count). The van der Waals surface area contributed by atoms with Gasteiger partial charge in [-0.3, -0.25) is 5.14 Å². The molecule has 0 amide bonds. The summed E-state index contributed by atoms with van der Waals surface area (Å²) in [6.45, 7) is 5.16. The molecule has 0 unspecified atom stereocenters. The van der Waals surface area contributed by atoms with Gasteiger partial charge in [0.05, 0.1) is 5.52 Å². The number of benzene rings is 3. The van der Waals surface area contributed by atoms with Crippen molar-refractivity contribution in [3.63, 3.8) is 0 Å². The minimum Gasteiger partial charge on any atom is -0.326 e. The molecule has 0 fully saturated rings. The van der Waals surface area contributed by atoms with E-state index in [1.165, 1.54) is 12.1 Å². The Morgan fingerprint density at radius 2 is 1.84 bits per heavy atom. The summed E-state index contributed by atoms with van der Waals surface area (Å²) in [5.41, 5.74) is 5.25. The highest BCUT2D eigenvalue weighted by atomic mass is 32.2. The van der Waals surface area contributed by atoms with Gasteiger partial charge in [0.1, 0.15) is 0 Å². The van der Waals surface area contributed by atoms with Crippen molar-refractivity contribution in [3.8, 4) is 11.4 Å². The first-order chi connectivity index (χ1) is 15.2. The molecule has 1 heterocycles. The monoisotopic (exact) mass is 447 g/mol. The summed E-state index contributed by atoms with van der Waals surface area (Å²) in [5, 5.41) is 6.83. The lowest BCUT2D eigenvalue weighted by Gasteiger charge is -2.20. The average molecular weight is 448 g/mol. The zero-order chi connectivity index (χ0) is 21.6. The number of nitrogens with zero attached hydrogens (tertiary/aromatic N) is 3. The van der Waals surface area contributed by atoms with Crippen LogP contribution in [0.4, 0.5) is 11.4 Å². The predicted octanol–water partition coefficient (Wildman–Crippen LogP) is 6.46. The molecule has 5 nitrogen and oxygen atoms in total. The molecule has 0 saturated carbocycles. The van der Waals surface area contributed by atoms with Gasteiger partial charge >= 0.3 is 0 Å². The number of aromatic nitrogens is 2. The molecule has 3 aromatic carbocycles. The number of nitrogens with one attached hydrogen (secondary N) is 1. The fraction of sp³-hybridized carbons (Fsp3) is 0.167. The topological polar surface area (TPSA) is 67.1 Å². The second-order valence-corrected chi connectivity index (χ2v) is 8.72. The molecule has 0 atom stereocenters. The van der Waals surface area contributed by atoms with E-state index in [1.54, 1.807) is 11.9 Å². The van der Waals surface area contributed by atoms with E-state index in [1.807, 2.05) is 30.5 Å². The van der Waals surface area contributed by atoms with Crippen molar-refractivity contribution in [3.05, 3.63) is 78.5 Å². The number of anilines is 2. The van der Waals surface area contributed by atoms with Crippen LogP contribution < -0.4 is 14.2 Å². The van der Waals surface area contributed by atoms with Crippen LogP contribution in [0.3, 0.4) is 0 Å². The van der Waals surface area contributed by atoms with Crippen molar-refractivity contribution >= 4 is 46.4 Å². The van der Waals surface area contributed by atoms with Crippen molar-refractivity contribution in [2.24, 2.45) is 5.14 Å². The Labute approximate surface area is 191 Å². The maximum atomic E-state index is 5.78. The standard InChI is InChI=1S/C24H25N5S2/c1-3-14-29(31-25)20-10-12-21(13-11-20)30-28-19-9-8-17(2)22(15-19)24-26-16-18-6-4-5-7-23(18)27-24/h4-13,15-16,28H,3,14,25H2,1-2H3. The van der Waals surface area contributed by atoms with Gasteiger partial charge in [-0.2, -0.15) is 0 Å². The molecule has 3 N–H and O–H groups in total. The first kappa shape index (κ1) is 21.5. The Kier molecular flexibility index (Phi) is 6.96. The Morgan fingerprint density at radius 3 is 2.61 bits per heavy atom. The van der Waals surface area contributed by atoms with Crippen LogP contribution in [0.2, 0.25) is 0 Å². The molecule has 158 valence electrons. The molecule has 7 heteroatoms. The highest BCUT2D eigenvalue weighted by Gasteiger charge is 2.09. The largest absolute Gasteiger partial charge is 0.326 e. The van der Waals surface area contributed by atoms with Gasteiger partial charge in [0.2, 0.25) is 0 Å². The van der Waals surface area contributed by atoms with Crippen LogP contribution in [0.25, 0.3) is 22.3 Å². The van der Waals surface area contributed by atoms with Crippen LogP contribution in [0.15, 0.2) is 77.8 Å². The third kappa shape index (κ3) is 5.12. The van der Waals surface area contributed by atoms with Gasteiger partial charge in [0.15, 0.2) is 5.82 Å². The van der Waals surface area contributed by atoms with Gasteiger partial charge in [0.25, 0.3) is 0 Å². The van der Waals surface area contributed by atoms with Gasteiger partial charge in [0, 0.05) is 52.1 Å². The Morgan fingerprint density at radius 1 is 1.03 bits per heavy atom. The van der Waals surface area contributed by atoms with E-state index in [4.69, 9.17) is 10.1 Å². The molecule has 1 aromatic heterocycles. The SMILES string of the molecule is CCCN(SN)c1ccc(SNc2ccc(C)c(-c3ncc4ccccc4n3)c2)cc1. The smallest absolute Gasteiger partial charge is 0.160 e. The fourth-order valence-corrected chi connectivity index (χ4v) is 4.44. The maximum absolute atomic E-state index is 5.78. The highest BCUT2D eigenvalue weighted by molar-refractivity contribution is 8.00. The molecule has 0 aliphatic carbocycles. The Bertz CT molecular complexity index is 1160. The molecule has 0 radical (unpaired) electrons. The lowest BCUT2D eigenvalue weighted by molar-refractivity contribution is 0.929. The van der Waals surface area contributed by atoms with E-state index >= 15 is 0 Å². The number of para-hydroxylation sites is 1. The third-order valence-electron chi connectivity index (χ3n) is 4.93. The Balaban J connectivity index is 1.49. The maximum Gasteiger partial charge on any atom is 0.160 e. The van der Waals surface area contributed by atoms with Gasteiger partial charge in [-0.15, -0.1) is 0 Å². The van der Waals surface area contributed by atoms with Crippen LogP contribution in [-0.4, -0.2) is 16.5 Å². The predicted molar refractivity (Wildman–Crippen MR) is 135 cm³/mol. The number of rotatable bonds is 8. The minimum atomic E-state index is 0.740. The number of hydrogen-bond donors (Lipinski definition) is 2. The van der Waals surface area contributed by atoms with E-state index in [2.05, 4.69) is 70.3 Å². The lowest BCUT2D eigenvalue weighted by Crippen LogP contribution is -2.17. The minimum absolute atomic E-state index is 0.740. The number of fused-ring (bicyclic) bond motifs is 1. The number of nitrogens with two attached hydrogens (primary N) is 1. The van der Waals surface area contributed by atoms with E-state index < -0.39 is 0 Å². The quantitative estimate of drug-likeness (QED) is 0.300. The summed E-state index contributed by atoms with van der Waals surface area (Å²) in [7, 11) is 0. The van der Waals surface area contributed by atoms with Gasteiger partial charge in [-0.25, -0.2) is 9.97 Å². The third-order valence-corrected chi connectivity index (χ3v) is 6.43. The molecular weight excluding hydrogens is 422 g/mol. The molecule has 4 aromatic rings. The summed E-state index contributed by atoms with van der Waals surface area (Å²) in [4.78, 5) is 10.5. The van der Waals surface area contributed by atoms with Crippen LogP contribution in [0.1, 0.15) is 18.9 Å². The molecule has 0 bridgehead atoms. The number of hydrogen-bond acceptors (Lipinski definition) is 7. The summed E-state index contributed by atoms with van der Waals surface area (Å²) in [5.74, 6) is 0.740. The molecule has 0 saturated heterocycles. The normalized spacial score (nSPS) is 10.9. The van der Waals surface area contributed by atoms with E-state index in [-0.39, 0.29) is 0 Å². The van der Waals surface area contributed by atoms with Gasteiger partial charge < -0.3 is 9.03 Å².